The summed E-state index contributed by atoms with van der Waals surface area (Å²) in [7, 11) is 0. The Morgan fingerprint density at radius 1 is 0.844 bits per heavy atom. The molecule has 4 rings (SSSR count). The predicted molar refractivity (Wildman–Crippen MR) is 122 cm³/mol. The number of hydrogen-bond acceptors (Lipinski definition) is 3. The van der Waals surface area contributed by atoms with Gasteiger partial charge in [-0.3, -0.25) is 0 Å². The van der Waals surface area contributed by atoms with Crippen molar-refractivity contribution in [1.82, 2.24) is 9.80 Å². The second-order valence-electron chi connectivity index (χ2n) is 10.1. The fraction of sp³-hybridized carbons (Fsp3) is 0.760. The molecular weight excluding hydrogens is 437 g/mol. The van der Waals surface area contributed by atoms with Gasteiger partial charge in [-0.2, -0.15) is 13.2 Å². The molecule has 2 heterocycles. The van der Waals surface area contributed by atoms with Crippen molar-refractivity contribution < 1.29 is 18.3 Å². The molecule has 2 atom stereocenters. The highest BCUT2D eigenvalue weighted by Gasteiger charge is 2.49. The van der Waals surface area contributed by atoms with E-state index < -0.39 is 17.3 Å². The molecule has 1 aliphatic carbocycles. The van der Waals surface area contributed by atoms with Gasteiger partial charge in [0.05, 0.1) is 16.2 Å². The first-order valence-corrected chi connectivity index (χ1v) is 12.7. The van der Waals surface area contributed by atoms with Crippen LogP contribution < -0.4 is 0 Å². The molecule has 2 unspecified atom stereocenters. The van der Waals surface area contributed by atoms with E-state index in [1.807, 2.05) is 0 Å². The third-order valence-electron chi connectivity index (χ3n) is 7.94. The molecule has 180 valence electrons. The molecule has 0 bridgehead atoms. The summed E-state index contributed by atoms with van der Waals surface area (Å²) >= 11 is 5.93. The molecule has 2 aliphatic heterocycles. The molecule has 2 saturated heterocycles. The molecule has 7 heteroatoms. The van der Waals surface area contributed by atoms with Crippen molar-refractivity contribution in [1.29, 1.82) is 0 Å². The molecule has 32 heavy (non-hydrogen) atoms. The smallest absolute Gasteiger partial charge is 0.384 e. The number of hydrogen-bond donors (Lipinski definition) is 1. The van der Waals surface area contributed by atoms with Gasteiger partial charge in [0.1, 0.15) is 0 Å². The van der Waals surface area contributed by atoms with Crippen LogP contribution in [0.3, 0.4) is 0 Å². The Kier molecular flexibility index (Phi) is 7.75. The number of nitrogens with zero attached hydrogens (tertiary/aromatic N) is 2. The quantitative estimate of drug-likeness (QED) is 0.575. The zero-order chi connectivity index (χ0) is 22.8. The van der Waals surface area contributed by atoms with Crippen molar-refractivity contribution in [3.63, 3.8) is 0 Å². The monoisotopic (exact) mass is 472 g/mol. The highest BCUT2D eigenvalue weighted by atomic mass is 35.5. The standard InChI is InChI=1S/C25H36ClF3N2O/c26-23-11-10-19(16-22(23)25(27,28)29)24(32)20(17-30-12-3-1-4-13-30)8-7-9-21(24)18-31-14-5-2-6-15-31/h10-11,16,20-21,32H,1-9,12-15,17-18H2. The minimum atomic E-state index is -4.54. The summed E-state index contributed by atoms with van der Waals surface area (Å²) in [5.74, 6) is -0.155. The number of aliphatic hydroxyl groups is 1. The van der Waals surface area contributed by atoms with Crippen LogP contribution in [0, 0.1) is 11.8 Å². The number of alkyl halides is 3. The lowest BCUT2D eigenvalue weighted by molar-refractivity contribution is -0.138. The van der Waals surface area contributed by atoms with Crippen LogP contribution in [0.4, 0.5) is 13.2 Å². The third-order valence-corrected chi connectivity index (χ3v) is 8.27. The van der Waals surface area contributed by atoms with Crippen molar-refractivity contribution in [3.8, 4) is 0 Å². The van der Waals surface area contributed by atoms with Gasteiger partial charge in [0.2, 0.25) is 0 Å². The van der Waals surface area contributed by atoms with Crippen molar-refractivity contribution >= 4 is 11.6 Å². The predicted octanol–water partition coefficient (Wildman–Crippen LogP) is 5.93. The summed E-state index contributed by atoms with van der Waals surface area (Å²) in [5, 5.41) is 12.0. The minimum absolute atomic E-state index is 0.0774. The Morgan fingerprint density at radius 3 is 1.81 bits per heavy atom. The lowest BCUT2D eigenvalue weighted by Gasteiger charge is -2.50. The summed E-state index contributed by atoms with van der Waals surface area (Å²) in [6.45, 7) is 5.54. The molecule has 1 aromatic rings. The van der Waals surface area contributed by atoms with Crippen LogP contribution >= 0.6 is 11.6 Å². The molecule has 1 aromatic carbocycles. The van der Waals surface area contributed by atoms with Gasteiger partial charge in [0, 0.05) is 24.9 Å². The van der Waals surface area contributed by atoms with Gasteiger partial charge < -0.3 is 14.9 Å². The number of piperidine rings is 2. The first-order chi connectivity index (χ1) is 15.3. The molecule has 0 amide bonds. The second-order valence-corrected chi connectivity index (χ2v) is 10.5. The molecule has 0 radical (unpaired) electrons. The third kappa shape index (κ3) is 5.29. The highest BCUT2D eigenvalue weighted by molar-refractivity contribution is 6.31. The summed E-state index contributed by atoms with van der Waals surface area (Å²) < 4.78 is 41.0. The van der Waals surface area contributed by atoms with Crippen LogP contribution in [0.15, 0.2) is 18.2 Å². The van der Waals surface area contributed by atoms with E-state index in [9.17, 15) is 18.3 Å². The van der Waals surface area contributed by atoms with E-state index in [4.69, 9.17) is 11.6 Å². The van der Waals surface area contributed by atoms with Crippen LogP contribution in [0.5, 0.6) is 0 Å². The average molecular weight is 473 g/mol. The van der Waals surface area contributed by atoms with Crippen molar-refractivity contribution in [3.05, 3.63) is 34.3 Å². The van der Waals surface area contributed by atoms with Crippen molar-refractivity contribution in [2.75, 3.05) is 39.3 Å². The molecular formula is C25H36ClF3N2O. The van der Waals surface area contributed by atoms with Gasteiger partial charge in [-0.25, -0.2) is 0 Å². The maximum absolute atomic E-state index is 13.7. The highest BCUT2D eigenvalue weighted by Crippen LogP contribution is 2.48. The minimum Gasteiger partial charge on any atom is -0.384 e. The zero-order valence-electron chi connectivity index (χ0n) is 18.8. The SMILES string of the molecule is OC1(c2ccc(Cl)c(C(F)(F)F)c2)C(CN2CCCCC2)CCCC1CN1CCCCC1. The van der Waals surface area contributed by atoms with E-state index in [0.29, 0.717) is 5.56 Å². The maximum atomic E-state index is 13.7. The average Bonchev–Trinajstić information content (AvgIpc) is 2.77. The Balaban J connectivity index is 1.68. The molecule has 1 N–H and O–H groups in total. The van der Waals surface area contributed by atoms with Crippen LogP contribution in [0.25, 0.3) is 0 Å². The number of rotatable bonds is 5. The molecule has 0 aromatic heterocycles. The Morgan fingerprint density at radius 2 is 1.34 bits per heavy atom. The lowest BCUT2D eigenvalue weighted by atomic mass is 9.64. The number of halogens is 4. The summed E-state index contributed by atoms with van der Waals surface area (Å²) in [6.07, 6.45) is 5.24. The molecule has 3 fully saturated rings. The van der Waals surface area contributed by atoms with Crippen LogP contribution in [0.1, 0.15) is 68.9 Å². The van der Waals surface area contributed by atoms with Crippen molar-refractivity contribution in [2.24, 2.45) is 11.8 Å². The zero-order valence-corrected chi connectivity index (χ0v) is 19.6. The lowest BCUT2D eigenvalue weighted by Crippen LogP contribution is -2.53. The topological polar surface area (TPSA) is 26.7 Å². The Bertz CT molecular complexity index is 732. The number of benzene rings is 1. The van der Waals surface area contributed by atoms with Crippen LogP contribution in [-0.2, 0) is 11.8 Å². The van der Waals surface area contributed by atoms with Gasteiger partial charge in [-0.05, 0) is 82.4 Å². The van der Waals surface area contributed by atoms with Crippen LogP contribution in [-0.4, -0.2) is 54.2 Å². The fourth-order valence-electron chi connectivity index (χ4n) is 6.22. The van der Waals surface area contributed by atoms with E-state index >= 15 is 0 Å². The van der Waals surface area contributed by atoms with Gasteiger partial charge >= 0.3 is 6.18 Å². The van der Waals surface area contributed by atoms with Gasteiger partial charge in [0.15, 0.2) is 0 Å². The molecule has 3 aliphatic rings. The van der Waals surface area contributed by atoms with Gasteiger partial charge in [-0.1, -0.05) is 36.9 Å². The normalized spacial score (nSPS) is 31.0. The van der Waals surface area contributed by atoms with Crippen molar-refractivity contribution in [2.45, 2.75) is 69.6 Å². The molecule has 3 nitrogen and oxygen atoms in total. The van der Waals surface area contributed by atoms with Crippen LogP contribution in [0.2, 0.25) is 5.02 Å². The second kappa shape index (κ2) is 10.2. The first kappa shape index (κ1) is 24.3. The van der Waals surface area contributed by atoms with Gasteiger partial charge in [0.25, 0.3) is 0 Å². The Hall–Kier alpha value is -0.820. The molecule has 1 saturated carbocycles. The van der Waals surface area contributed by atoms with E-state index in [2.05, 4.69) is 9.80 Å². The summed E-state index contributed by atoms with van der Waals surface area (Å²) in [5.41, 5.74) is -1.74. The Labute approximate surface area is 194 Å². The number of likely N-dealkylation sites (tertiary alicyclic amines) is 2. The first-order valence-electron chi connectivity index (χ1n) is 12.3. The van der Waals surface area contributed by atoms with E-state index in [1.165, 1.54) is 18.9 Å². The summed E-state index contributed by atoms with van der Waals surface area (Å²) in [6, 6.07) is 4.08. The van der Waals surface area contributed by atoms with E-state index in [1.54, 1.807) is 6.07 Å². The largest absolute Gasteiger partial charge is 0.417 e. The summed E-state index contributed by atoms with van der Waals surface area (Å²) in [4.78, 5) is 4.81. The maximum Gasteiger partial charge on any atom is 0.417 e. The van der Waals surface area contributed by atoms with E-state index in [0.717, 1.165) is 90.3 Å². The van der Waals surface area contributed by atoms with E-state index in [-0.39, 0.29) is 16.9 Å². The molecule has 0 spiro atoms. The van der Waals surface area contributed by atoms with Gasteiger partial charge in [-0.15, -0.1) is 0 Å². The fourth-order valence-corrected chi connectivity index (χ4v) is 6.44.